The van der Waals surface area contributed by atoms with E-state index in [0.717, 1.165) is 26.1 Å². The quantitative estimate of drug-likeness (QED) is 0.647. The van der Waals surface area contributed by atoms with E-state index in [2.05, 4.69) is 12.2 Å². The van der Waals surface area contributed by atoms with Crippen molar-refractivity contribution < 1.29 is 4.79 Å². The predicted octanol–water partition coefficient (Wildman–Crippen LogP) is 0.564. The first-order chi connectivity index (χ1) is 5.29. The molecule has 1 aliphatic heterocycles. The van der Waals surface area contributed by atoms with Gasteiger partial charge in [-0.15, -0.1) is 0 Å². The zero-order valence-corrected chi connectivity index (χ0v) is 7.26. The lowest BCUT2D eigenvalue weighted by molar-refractivity contribution is -0.128. The van der Waals surface area contributed by atoms with Gasteiger partial charge in [0.05, 0.1) is 12.7 Å². The fourth-order valence-electron chi connectivity index (χ4n) is 1.38. The molecule has 0 aromatic carbocycles. The minimum atomic E-state index is 0.0848. The Morgan fingerprint density at radius 3 is 2.82 bits per heavy atom. The molecule has 1 heterocycles. The number of rotatable bonds is 3. The molecular weight excluding hydrogens is 140 g/mol. The molecule has 0 spiro atoms. The van der Waals surface area contributed by atoms with Crippen molar-refractivity contribution in [1.29, 1.82) is 0 Å². The molecule has 1 aliphatic rings. The third-order valence-corrected chi connectivity index (χ3v) is 2.04. The van der Waals surface area contributed by atoms with Crippen molar-refractivity contribution in [2.24, 2.45) is 0 Å². The van der Waals surface area contributed by atoms with Gasteiger partial charge >= 0.3 is 0 Å². The van der Waals surface area contributed by atoms with Crippen molar-refractivity contribution in [3.05, 3.63) is 0 Å². The summed E-state index contributed by atoms with van der Waals surface area (Å²) >= 11 is 0. The normalized spacial score (nSPS) is 24.7. The molecule has 1 unspecified atom stereocenters. The molecule has 11 heavy (non-hydrogen) atoms. The van der Waals surface area contributed by atoms with E-state index >= 15 is 0 Å². The number of nitrogens with one attached hydrogen (secondary N) is 1. The van der Waals surface area contributed by atoms with E-state index in [-0.39, 0.29) is 11.9 Å². The molecule has 0 saturated carbocycles. The van der Waals surface area contributed by atoms with E-state index in [1.54, 1.807) is 0 Å². The number of amides is 1. The summed E-state index contributed by atoms with van der Waals surface area (Å²) in [6.07, 6.45) is 1.95. The molecule has 1 saturated heterocycles. The lowest BCUT2D eigenvalue weighted by atomic mass is 10.2. The standard InChI is InChI=1S/C8H16N2O/c1-3-5-10-6-9-7(4-2)8(10)11/h7,9H,3-6H2,1-2H3. The third kappa shape index (κ3) is 1.71. The first-order valence-corrected chi connectivity index (χ1v) is 4.31. The molecule has 1 atom stereocenters. The average molecular weight is 156 g/mol. The Morgan fingerprint density at radius 2 is 2.36 bits per heavy atom. The van der Waals surface area contributed by atoms with Crippen LogP contribution in [0.3, 0.4) is 0 Å². The fourth-order valence-corrected chi connectivity index (χ4v) is 1.38. The second-order valence-corrected chi connectivity index (χ2v) is 2.92. The minimum Gasteiger partial charge on any atom is -0.329 e. The van der Waals surface area contributed by atoms with Crippen LogP contribution in [0.15, 0.2) is 0 Å². The summed E-state index contributed by atoms with van der Waals surface area (Å²) in [4.78, 5) is 13.3. The van der Waals surface area contributed by atoms with Gasteiger partial charge in [0.1, 0.15) is 0 Å². The second kappa shape index (κ2) is 3.72. The molecule has 64 valence electrons. The summed E-state index contributed by atoms with van der Waals surface area (Å²) in [6, 6.07) is 0.0848. The van der Waals surface area contributed by atoms with Gasteiger partial charge in [-0.2, -0.15) is 0 Å². The molecule has 3 nitrogen and oxygen atoms in total. The molecule has 1 fully saturated rings. The van der Waals surface area contributed by atoms with Crippen molar-refractivity contribution in [3.8, 4) is 0 Å². The van der Waals surface area contributed by atoms with Crippen molar-refractivity contribution >= 4 is 5.91 Å². The van der Waals surface area contributed by atoms with Gasteiger partial charge < -0.3 is 4.90 Å². The van der Waals surface area contributed by atoms with E-state index in [0.29, 0.717) is 0 Å². The van der Waals surface area contributed by atoms with Gasteiger partial charge in [-0.25, -0.2) is 0 Å². The molecule has 3 heteroatoms. The maximum Gasteiger partial charge on any atom is 0.240 e. The minimum absolute atomic E-state index is 0.0848. The third-order valence-electron chi connectivity index (χ3n) is 2.04. The maximum absolute atomic E-state index is 11.4. The highest BCUT2D eigenvalue weighted by Gasteiger charge is 2.28. The van der Waals surface area contributed by atoms with Gasteiger partial charge in [-0.05, 0) is 12.8 Å². The van der Waals surface area contributed by atoms with Gasteiger partial charge in [-0.1, -0.05) is 13.8 Å². The van der Waals surface area contributed by atoms with Crippen LogP contribution in [0.25, 0.3) is 0 Å². The molecule has 1 N–H and O–H groups in total. The Kier molecular flexibility index (Phi) is 2.88. The number of hydrogen-bond acceptors (Lipinski definition) is 2. The van der Waals surface area contributed by atoms with Crippen LogP contribution in [0, 0.1) is 0 Å². The molecule has 1 rings (SSSR count). The molecular formula is C8H16N2O. The first kappa shape index (κ1) is 8.53. The van der Waals surface area contributed by atoms with E-state index in [1.807, 2.05) is 11.8 Å². The van der Waals surface area contributed by atoms with Gasteiger partial charge in [0.25, 0.3) is 0 Å². The van der Waals surface area contributed by atoms with Crippen LogP contribution in [0.5, 0.6) is 0 Å². The zero-order valence-electron chi connectivity index (χ0n) is 7.26. The molecule has 0 aromatic rings. The zero-order chi connectivity index (χ0) is 8.27. The molecule has 0 radical (unpaired) electrons. The smallest absolute Gasteiger partial charge is 0.240 e. The van der Waals surface area contributed by atoms with E-state index in [4.69, 9.17) is 0 Å². The van der Waals surface area contributed by atoms with Crippen LogP contribution in [0.2, 0.25) is 0 Å². The largest absolute Gasteiger partial charge is 0.329 e. The number of hydrogen-bond donors (Lipinski definition) is 1. The Balaban J connectivity index is 2.42. The molecule has 1 amide bonds. The number of carbonyl (C=O) groups is 1. The lowest BCUT2D eigenvalue weighted by Gasteiger charge is -2.12. The Hall–Kier alpha value is -0.570. The Bertz CT molecular complexity index is 147. The van der Waals surface area contributed by atoms with E-state index < -0.39 is 0 Å². The van der Waals surface area contributed by atoms with Crippen molar-refractivity contribution in [1.82, 2.24) is 10.2 Å². The summed E-state index contributed by atoms with van der Waals surface area (Å²) in [5, 5.41) is 3.17. The molecule has 0 aromatic heterocycles. The Labute approximate surface area is 67.8 Å². The van der Waals surface area contributed by atoms with Crippen LogP contribution in [0.4, 0.5) is 0 Å². The monoisotopic (exact) mass is 156 g/mol. The van der Waals surface area contributed by atoms with Crippen LogP contribution < -0.4 is 5.32 Å². The summed E-state index contributed by atoms with van der Waals surface area (Å²) < 4.78 is 0. The first-order valence-electron chi connectivity index (χ1n) is 4.31. The summed E-state index contributed by atoms with van der Waals surface area (Å²) in [5.41, 5.74) is 0. The number of nitrogens with zero attached hydrogens (tertiary/aromatic N) is 1. The highest BCUT2D eigenvalue weighted by atomic mass is 16.2. The van der Waals surface area contributed by atoms with Crippen molar-refractivity contribution in [2.75, 3.05) is 13.2 Å². The van der Waals surface area contributed by atoms with Crippen molar-refractivity contribution in [2.45, 2.75) is 32.7 Å². The van der Waals surface area contributed by atoms with Crippen LogP contribution >= 0.6 is 0 Å². The van der Waals surface area contributed by atoms with Crippen LogP contribution in [0.1, 0.15) is 26.7 Å². The van der Waals surface area contributed by atoms with E-state index in [1.165, 1.54) is 0 Å². The lowest BCUT2D eigenvalue weighted by Crippen LogP contribution is -2.30. The molecule has 0 aliphatic carbocycles. The Morgan fingerprint density at radius 1 is 1.64 bits per heavy atom. The summed E-state index contributed by atoms with van der Waals surface area (Å²) in [5.74, 6) is 0.273. The second-order valence-electron chi connectivity index (χ2n) is 2.92. The predicted molar refractivity (Wildman–Crippen MR) is 44.1 cm³/mol. The van der Waals surface area contributed by atoms with Crippen LogP contribution in [-0.4, -0.2) is 30.1 Å². The molecule has 0 bridgehead atoms. The fraction of sp³-hybridized carbons (Fsp3) is 0.875. The summed E-state index contributed by atoms with van der Waals surface area (Å²) in [6.45, 7) is 5.76. The summed E-state index contributed by atoms with van der Waals surface area (Å²) in [7, 11) is 0. The van der Waals surface area contributed by atoms with E-state index in [9.17, 15) is 4.79 Å². The number of carbonyl (C=O) groups excluding carboxylic acids is 1. The maximum atomic E-state index is 11.4. The SMILES string of the molecule is CCCN1CNC(CC)C1=O. The highest BCUT2D eigenvalue weighted by molar-refractivity contribution is 5.83. The topological polar surface area (TPSA) is 32.3 Å². The van der Waals surface area contributed by atoms with Gasteiger partial charge in [0.2, 0.25) is 5.91 Å². The van der Waals surface area contributed by atoms with Crippen molar-refractivity contribution in [3.63, 3.8) is 0 Å². The average Bonchev–Trinajstić information content (AvgIpc) is 2.34. The highest BCUT2D eigenvalue weighted by Crippen LogP contribution is 2.06. The van der Waals surface area contributed by atoms with Crippen LogP contribution in [-0.2, 0) is 4.79 Å². The van der Waals surface area contributed by atoms with Gasteiger partial charge in [0.15, 0.2) is 0 Å². The van der Waals surface area contributed by atoms with Gasteiger partial charge in [-0.3, -0.25) is 10.1 Å². The van der Waals surface area contributed by atoms with Gasteiger partial charge in [0, 0.05) is 6.54 Å².